The molecule has 4 heteroatoms. The number of unbranched alkanes of at least 4 members (excludes halogenated alkanes) is 7. The van der Waals surface area contributed by atoms with Crippen molar-refractivity contribution in [2.75, 3.05) is 47.1 Å². The van der Waals surface area contributed by atoms with Crippen LogP contribution in [0.2, 0.25) is 0 Å². The average molecular weight is 686 g/mol. The molecule has 4 aliphatic carbocycles. The van der Waals surface area contributed by atoms with E-state index in [0.717, 1.165) is 68.5 Å². The fourth-order valence-corrected chi connectivity index (χ4v) is 11.3. The van der Waals surface area contributed by atoms with Gasteiger partial charge in [-0.2, -0.15) is 0 Å². The number of hydrogen-bond acceptors (Lipinski definition) is 4. The Bertz CT molecular complexity index is 948. The second-order valence-corrected chi connectivity index (χ2v) is 18.6. The maximum absolute atomic E-state index is 6.56. The van der Waals surface area contributed by atoms with E-state index in [-0.39, 0.29) is 0 Å². The molecule has 0 aromatic heterocycles. The van der Waals surface area contributed by atoms with Gasteiger partial charge in [0.15, 0.2) is 0 Å². The zero-order chi connectivity index (χ0) is 35.3. The van der Waals surface area contributed by atoms with Gasteiger partial charge in [0, 0.05) is 19.8 Å². The summed E-state index contributed by atoms with van der Waals surface area (Å²) >= 11 is 0. The van der Waals surface area contributed by atoms with Crippen LogP contribution in [0.15, 0.2) is 11.6 Å². The Labute approximate surface area is 305 Å². The van der Waals surface area contributed by atoms with Gasteiger partial charge in [-0.05, 0) is 131 Å². The highest BCUT2D eigenvalue weighted by molar-refractivity contribution is 5.25. The van der Waals surface area contributed by atoms with Crippen LogP contribution in [0.1, 0.15) is 170 Å². The number of fused-ring (bicyclic) bond motifs is 5. The molecule has 1 unspecified atom stereocenters. The molecule has 0 bridgehead atoms. The molecule has 9 atom stereocenters. The highest BCUT2D eigenvalue weighted by Gasteiger charge is 2.59. The molecule has 0 spiro atoms. The second kappa shape index (κ2) is 20.7. The van der Waals surface area contributed by atoms with Gasteiger partial charge >= 0.3 is 0 Å². The molecule has 286 valence electrons. The Balaban J connectivity index is 1.08. The summed E-state index contributed by atoms with van der Waals surface area (Å²) in [7, 11) is 4.26. The monoisotopic (exact) mass is 686 g/mol. The Morgan fingerprint density at radius 1 is 0.755 bits per heavy atom. The van der Waals surface area contributed by atoms with Crippen molar-refractivity contribution in [3.63, 3.8) is 0 Å². The lowest BCUT2D eigenvalue weighted by Gasteiger charge is -2.58. The first-order valence-electron chi connectivity index (χ1n) is 21.7. The highest BCUT2D eigenvalue weighted by Crippen LogP contribution is 2.67. The van der Waals surface area contributed by atoms with Gasteiger partial charge in [-0.15, -0.1) is 0 Å². The number of nitrogens with zero attached hydrogens (tertiary/aromatic N) is 1. The molecule has 3 fully saturated rings. The molecule has 0 aliphatic heterocycles. The minimum Gasteiger partial charge on any atom is -0.380 e. The molecule has 0 heterocycles. The third-order valence-electron chi connectivity index (χ3n) is 14.5. The van der Waals surface area contributed by atoms with Gasteiger partial charge in [0.2, 0.25) is 0 Å². The summed E-state index contributed by atoms with van der Waals surface area (Å²) in [6, 6.07) is 0.354. The van der Waals surface area contributed by atoms with Crippen LogP contribution >= 0.6 is 0 Å². The van der Waals surface area contributed by atoms with Crippen molar-refractivity contribution in [3.8, 4) is 0 Å². The smallest absolute Gasteiger partial charge is 0.0644 e. The molecule has 49 heavy (non-hydrogen) atoms. The van der Waals surface area contributed by atoms with Crippen LogP contribution in [-0.4, -0.2) is 64.2 Å². The van der Waals surface area contributed by atoms with Gasteiger partial charge in [-0.25, -0.2) is 0 Å². The third kappa shape index (κ3) is 11.5. The summed E-state index contributed by atoms with van der Waals surface area (Å²) in [6.45, 7) is 19.3. The van der Waals surface area contributed by atoms with E-state index < -0.39 is 0 Å². The molecule has 0 radical (unpaired) electrons. The standard InChI is InChI=1S/C45H83NO3/c1-9-10-15-29-47-33-38(46(7)8)34-48-30-16-13-11-12-14-17-31-49-39-25-27-44(5)37(32-39)21-22-40-42-24-23-41(36(4)20-18-19-35(2)3)45(42,6)28-26-43(40)44/h21,35-36,38-43H,9-20,22-34H2,1-8H3/t36-,38-,39?,40+,41-,42+,43+,44+,45-/m1/s1. The Hall–Kier alpha value is -0.420. The van der Waals surface area contributed by atoms with Gasteiger partial charge in [0.05, 0.1) is 25.4 Å². The molecular formula is C45H83NO3. The lowest BCUT2D eigenvalue weighted by Crippen LogP contribution is -2.51. The molecule has 0 aromatic rings. The fourth-order valence-electron chi connectivity index (χ4n) is 11.3. The predicted molar refractivity (Wildman–Crippen MR) is 209 cm³/mol. The molecule has 0 N–H and O–H groups in total. The molecule has 4 rings (SSSR count). The van der Waals surface area contributed by atoms with Crippen LogP contribution in [0.25, 0.3) is 0 Å². The van der Waals surface area contributed by atoms with Crippen molar-refractivity contribution in [2.24, 2.45) is 46.3 Å². The minimum atomic E-state index is 0.354. The third-order valence-corrected chi connectivity index (χ3v) is 14.5. The van der Waals surface area contributed by atoms with Gasteiger partial charge in [0.1, 0.15) is 0 Å². The molecule has 0 saturated heterocycles. The molecule has 4 nitrogen and oxygen atoms in total. The first kappa shape index (κ1) is 41.3. The maximum atomic E-state index is 6.56. The first-order valence-corrected chi connectivity index (χ1v) is 21.7. The lowest BCUT2D eigenvalue weighted by atomic mass is 9.47. The number of likely N-dealkylation sites (N-methyl/N-ethyl adjacent to an activating group) is 1. The summed E-state index contributed by atoms with van der Waals surface area (Å²) in [5.74, 6) is 5.51. The molecule has 0 amide bonds. The summed E-state index contributed by atoms with van der Waals surface area (Å²) in [5.41, 5.74) is 2.81. The zero-order valence-corrected chi connectivity index (χ0v) is 34.0. The number of ether oxygens (including phenoxy) is 3. The number of allylic oxidation sites excluding steroid dienone is 1. The Morgan fingerprint density at radius 2 is 1.43 bits per heavy atom. The SMILES string of the molecule is CCCCCOC[C@H](COCCCCCCCCOC1CC[C@@]2(C)C(=CC[C@H]3[C@@H]4CC[C@H]([C@H](C)CCCC(C)C)[C@@]4(C)CC[C@@H]32)C1)N(C)C. The quantitative estimate of drug-likeness (QED) is 0.0747. The Morgan fingerprint density at radius 3 is 2.10 bits per heavy atom. The summed E-state index contributed by atoms with van der Waals surface area (Å²) in [4.78, 5) is 2.24. The Kier molecular flexibility index (Phi) is 17.5. The molecule has 4 aliphatic rings. The molecule has 0 aromatic carbocycles. The van der Waals surface area contributed by atoms with Gasteiger partial charge < -0.3 is 19.1 Å². The zero-order valence-electron chi connectivity index (χ0n) is 34.0. The maximum Gasteiger partial charge on any atom is 0.0644 e. The van der Waals surface area contributed by atoms with Crippen LogP contribution in [0.5, 0.6) is 0 Å². The summed E-state index contributed by atoms with van der Waals surface area (Å²) < 4.78 is 18.5. The average Bonchev–Trinajstić information content (AvgIpc) is 3.43. The van der Waals surface area contributed by atoms with Crippen molar-refractivity contribution in [1.29, 1.82) is 0 Å². The number of rotatable bonds is 24. The largest absolute Gasteiger partial charge is 0.380 e. The fraction of sp³-hybridized carbons (Fsp3) is 0.956. The van der Waals surface area contributed by atoms with E-state index in [0.29, 0.717) is 23.0 Å². The second-order valence-electron chi connectivity index (χ2n) is 18.6. The van der Waals surface area contributed by atoms with Crippen molar-refractivity contribution < 1.29 is 14.2 Å². The summed E-state index contributed by atoms with van der Waals surface area (Å²) in [6.07, 6.45) is 29.9. The topological polar surface area (TPSA) is 30.9 Å². The van der Waals surface area contributed by atoms with E-state index in [1.165, 1.54) is 128 Å². The van der Waals surface area contributed by atoms with Crippen LogP contribution in [0, 0.1) is 46.3 Å². The van der Waals surface area contributed by atoms with E-state index in [1.807, 2.05) is 0 Å². The van der Waals surface area contributed by atoms with Crippen molar-refractivity contribution in [3.05, 3.63) is 11.6 Å². The van der Waals surface area contributed by atoms with Crippen LogP contribution in [0.4, 0.5) is 0 Å². The normalized spacial score (nSPS) is 32.5. The van der Waals surface area contributed by atoms with E-state index >= 15 is 0 Å². The van der Waals surface area contributed by atoms with E-state index in [2.05, 4.69) is 66.6 Å². The van der Waals surface area contributed by atoms with Crippen LogP contribution in [-0.2, 0) is 14.2 Å². The predicted octanol–water partition coefficient (Wildman–Crippen LogP) is 11.9. The lowest BCUT2D eigenvalue weighted by molar-refractivity contribution is -0.0641. The van der Waals surface area contributed by atoms with Gasteiger partial charge in [0.25, 0.3) is 0 Å². The van der Waals surface area contributed by atoms with Crippen molar-refractivity contribution >= 4 is 0 Å². The highest BCUT2D eigenvalue weighted by atomic mass is 16.5. The van der Waals surface area contributed by atoms with E-state index in [9.17, 15) is 0 Å². The van der Waals surface area contributed by atoms with E-state index in [4.69, 9.17) is 14.2 Å². The van der Waals surface area contributed by atoms with Crippen LogP contribution < -0.4 is 0 Å². The number of hydrogen-bond donors (Lipinski definition) is 0. The first-order chi connectivity index (χ1) is 23.6. The van der Waals surface area contributed by atoms with Crippen molar-refractivity contribution in [2.45, 2.75) is 182 Å². The molecular weight excluding hydrogens is 602 g/mol. The van der Waals surface area contributed by atoms with Gasteiger partial charge in [-0.1, -0.05) is 111 Å². The van der Waals surface area contributed by atoms with E-state index in [1.54, 1.807) is 5.57 Å². The van der Waals surface area contributed by atoms with Crippen LogP contribution in [0.3, 0.4) is 0 Å². The van der Waals surface area contributed by atoms with Crippen molar-refractivity contribution in [1.82, 2.24) is 4.90 Å². The minimum absolute atomic E-state index is 0.354. The summed E-state index contributed by atoms with van der Waals surface area (Å²) in [5, 5.41) is 0. The van der Waals surface area contributed by atoms with Gasteiger partial charge in [-0.3, -0.25) is 0 Å². The molecule has 3 saturated carbocycles.